The van der Waals surface area contributed by atoms with E-state index in [0.717, 1.165) is 57.3 Å². The van der Waals surface area contributed by atoms with Crippen molar-refractivity contribution in [3.8, 4) is 0 Å². The molecule has 1 aliphatic heterocycles. The third-order valence-electron chi connectivity index (χ3n) is 5.86. The molecule has 0 saturated carbocycles. The monoisotopic (exact) mass is 482 g/mol. The molecule has 2 amide bonds. The molecule has 2 aromatic carbocycles. The number of benzene rings is 2. The van der Waals surface area contributed by atoms with Gasteiger partial charge in [0.1, 0.15) is 6.04 Å². The first-order valence-corrected chi connectivity index (χ1v) is 11.7. The summed E-state index contributed by atoms with van der Waals surface area (Å²) in [5.74, 6) is -1.88. The number of hydrogen-bond acceptors (Lipinski definition) is 7. The number of ether oxygens (including phenoxy) is 1. The van der Waals surface area contributed by atoms with Crippen LogP contribution in [0.3, 0.4) is 0 Å². The second-order valence-corrected chi connectivity index (χ2v) is 8.42. The third kappa shape index (κ3) is 6.78. The van der Waals surface area contributed by atoms with Crippen LogP contribution in [0.25, 0.3) is 0 Å². The largest absolute Gasteiger partial charge is 0.465 e. The number of unbranched alkanes of at least 4 members (excludes halogenated alkanes) is 1. The van der Waals surface area contributed by atoms with Crippen molar-refractivity contribution in [2.24, 2.45) is 0 Å². The van der Waals surface area contributed by atoms with Crippen LogP contribution in [0.2, 0.25) is 0 Å². The molecule has 2 aromatic rings. The lowest BCUT2D eigenvalue weighted by atomic mass is 10.1. The van der Waals surface area contributed by atoms with Crippen molar-refractivity contribution in [2.75, 3.05) is 30.4 Å². The lowest BCUT2D eigenvalue weighted by Crippen LogP contribution is -2.43. The fourth-order valence-corrected chi connectivity index (χ4v) is 3.99. The summed E-state index contributed by atoms with van der Waals surface area (Å²) in [5, 5.41) is 16.8. The van der Waals surface area contributed by atoms with E-state index in [1.54, 1.807) is 6.07 Å². The van der Waals surface area contributed by atoms with Crippen LogP contribution in [-0.2, 0) is 9.53 Å². The second-order valence-electron chi connectivity index (χ2n) is 8.42. The van der Waals surface area contributed by atoms with E-state index >= 15 is 0 Å². The van der Waals surface area contributed by atoms with E-state index in [4.69, 9.17) is 0 Å². The maximum atomic E-state index is 13.1. The molecule has 1 fully saturated rings. The van der Waals surface area contributed by atoms with Crippen molar-refractivity contribution >= 4 is 34.8 Å². The molecule has 0 spiro atoms. The first kappa shape index (κ1) is 25.7. The molecule has 10 nitrogen and oxygen atoms in total. The molecule has 0 aliphatic carbocycles. The van der Waals surface area contributed by atoms with Gasteiger partial charge < -0.3 is 20.3 Å². The van der Waals surface area contributed by atoms with Crippen molar-refractivity contribution in [3.05, 3.63) is 63.7 Å². The minimum absolute atomic E-state index is 0.107. The van der Waals surface area contributed by atoms with Gasteiger partial charge in [0, 0.05) is 42.2 Å². The summed E-state index contributed by atoms with van der Waals surface area (Å²) in [7, 11) is 1.14. The van der Waals surface area contributed by atoms with Gasteiger partial charge in [-0.25, -0.2) is 4.79 Å². The number of anilines is 2. The molecule has 186 valence electrons. The molecule has 35 heavy (non-hydrogen) atoms. The number of rotatable bonds is 10. The molecule has 3 rings (SSSR count). The average molecular weight is 483 g/mol. The zero-order valence-electron chi connectivity index (χ0n) is 19.9. The Morgan fingerprint density at radius 3 is 2.49 bits per heavy atom. The van der Waals surface area contributed by atoms with Crippen LogP contribution in [-0.4, -0.2) is 48.9 Å². The highest BCUT2D eigenvalue weighted by Gasteiger charge is 2.24. The minimum Gasteiger partial charge on any atom is -0.465 e. The van der Waals surface area contributed by atoms with E-state index < -0.39 is 28.5 Å². The number of nitro groups is 1. The predicted octanol–water partition coefficient (Wildman–Crippen LogP) is 3.91. The fraction of sp³-hybridized carbons (Fsp3) is 0.400. The molecule has 1 atom stereocenters. The third-order valence-corrected chi connectivity index (χ3v) is 5.86. The number of nitrogens with zero attached hydrogens (tertiary/aromatic N) is 2. The summed E-state index contributed by atoms with van der Waals surface area (Å²) in [4.78, 5) is 50.8. The minimum atomic E-state index is -0.862. The maximum Gasteiger partial charge on any atom is 0.338 e. The van der Waals surface area contributed by atoms with Crippen molar-refractivity contribution < 1.29 is 24.0 Å². The zero-order valence-corrected chi connectivity index (χ0v) is 19.9. The molecule has 1 unspecified atom stereocenters. The van der Waals surface area contributed by atoms with E-state index in [1.165, 1.54) is 6.07 Å². The lowest BCUT2D eigenvalue weighted by molar-refractivity contribution is -0.384. The summed E-state index contributed by atoms with van der Waals surface area (Å²) in [5.41, 5.74) is 0.997. The Morgan fingerprint density at radius 2 is 1.83 bits per heavy atom. The fourth-order valence-electron chi connectivity index (χ4n) is 3.99. The van der Waals surface area contributed by atoms with Gasteiger partial charge in [0.15, 0.2) is 0 Å². The number of carbonyl (C=O) groups excluding carboxylic acids is 3. The Bertz CT molecular complexity index is 1100. The molecule has 0 bridgehead atoms. The molecule has 0 aromatic heterocycles. The summed E-state index contributed by atoms with van der Waals surface area (Å²) in [6.45, 7) is 3.92. The van der Waals surface area contributed by atoms with E-state index in [-0.39, 0.29) is 17.0 Å². The standard InChI is InChI=1S/C25H30N4O6/c1-3-4-10-22(24(31)26-19-8-7-9-20(16-19)28-11-5-6-12-28)27-23(30)17-13-18(25(32)35-2)15-21(14-17)29(33)34/h7-9,13-16,22H,3-6,10-12H2,1-2H3,(H,26,31)(H,27,30). The van der Waals surface area contributed by atoms with Crippen LogP contribution in [0.15, 0.2) is 42.5 Å². The van der Waals surface area contributed by atoms with E-state index in [0.29, 0.717) is 18.5 Å². The highest BCUT2D eigenvalue weighted by molar-refractivity contribution is 6.03. The second kappa shape index (κ2) is 12.0. The lowest BCUT2D eigenvalue weighted by Gasteiger charge is -2.21. The van der Waals surface area contributed by atoms with Crippen molar-refractivity contribution in [3.63, 3.8) is 0 Å². The zero-order chi connectivity index (χ0) is 25.4. The van der Waals surface area contributed by atoms with Gasteiger partial charge in [-0.3, -0.25) is 19.7 Å². The van der Waals surface area contributed by atoms with E-state index in [1.807, 2.05) is 25.1 Å². The van der Waals surface area contributed by atoms with Gasteiger partial charge in [-0.15, -0.1) is 0 Å². The van der Waals surface area contributed by atoms with Gasteiger partial charge in [0.05, 0.1) is 17.6 Å². The quantitative estimate of drug-likeness (QED) is 0.298. The maximum absolute atomic E-state index is 13.1. The van der Waals surface area contributed by atoms with Gasteiger partial charge in [-0.1, -0.05) is 25.8 Å². The van der Waals surface area contributed by atoms with Crippen LogP contribution < -0.4 is 15.5 Å². The van der Waals surface area contributed by atoms with Crippen LogP contribution in [0.5, 0.6) is 0 Å². The van der Waals surface area contributed by atoms with E-state index in [9.17, 15) is 24.5 Å². The summed E-state index contributed by atoms with van der Waals surface area (Å²) in [6, 6.07) is 10.0. The van der Waals surface area contributed by atoms with E-state index in [2.05, 4.69) is 20.3 Å². The summed E-state index contributed by atoms with van der Waals surface area (Å²) >= 11 is 0. The Labute approximate surface area is 203 Å². The van der Waals surface area contributed by atoms with Gasteiger partial charge in [-0.2, -0.15) is 0 Å². The number of carbonyl (C=O) groups is 3. The van der Waals surface area contributed by atoms with Crippen LogP contribution >= 0.6 is 0 Å². The Kier molecular flexibility index (Phi) is 8.77. The number of nitro benzene ring substituents is 1. The predicted molar refractivity (Wildman–Crippen MR) is 132 cm³/mol. The van der Waals surface area contributed by atoms with Gasteiger partial charge in [0.2, 0.25) is 5.91 Å². The SMILES string of the molecule is CCCCC(NC(=O)c1cc(C(=O)OC)cc([N+](=O)[O-])c1)C(=O)Nc1cccc(N2CCCC2)c1. The number of non-ortho nitro benzene ring substituents is 1. The van der Waals surface area contributed by atoms with Crippen molar-refractivity contribution in [1.82, 2.24) is 5.32 Å². The molecule has 1 aliphatic rings. The van der Waals surface area contributed by atoms with Gasteiger partial charge >= 0.3 is 5.97 Å². The average Bonchev–Trinajstić information content (AvgIpc) is 3.41. The van der Waals surface area contributed by atoms with Gasteiger partial charge in [0.25, 0.3) is 11.6 Å². The molecule has 10 heteroatoms. The van der Waals surface area contributed by atoms with Crippen LogP contribution in [0.1, 0.15) is 59.7 Å². The van der Waals surface area contributed by atoms with Crippen LogP contribution in [0.4, 0.5) is 17.1 Å². The topological polar surface area (TPSA) is 131 Å². The highest BCUT2D eigenvalue weighted by Crippen LogP contribution is 2.24. The Hall–Kier alpha value is -3.95. The molecule has 2 N–H and O–H groups in total. The Balaban J connectivity index is 1.78. The van der Waals surface area contributed by atoms with Crippen molar-refractivity contribution in [1.29, 1.82) is 0 Å². The highest BCUT2D eigenvalue weighted by atomic mass is 16.6. The number of esters is 1. The molecule has 1 saturated heterocycles. The Morgan fingerprint density at radius 1 is 1.11 bits per heavy atom. The molecule has 0 radical (unpaired) electrons. The molecular weight excluding hydrogens is 452 g/mol. The van der Waals surface area contributed by atoms with Crippen molar-refractivity contribution in [2.45, 2.75) is 45.1 Å². The normalized spacial score (nSPS) is 13.7. The summed E-state index contributed by atoms with van der Waals surface area (Å²) in [6.07, 6.45) is 4.16. The van der Waals surface area contributed by atoms with Crippen LogP contribution in [0, 0.1) is 10.1 Å². The smallest absolute Gasteiger partial charge is 0.338 e. The number of nitrogens with one attached hydrogen (secondary N) is 2. The number of methoxy groups -OCH3 is 1. The summed E-state index contributed by atoms with van der Waals surface area (Å²) < 4.78 is 4.63. The first-order chi connectivity index (χ1) is 16.8. The first-order valence-electron chi connectivity index (χ1n) is 11.7. The number of hydrogen-bond donors (Lipinski definition) is 2. The molecule has 1 heterocycles. The van der Waals surface area contributed by atoms with Gasteiger partial charge in [-0.05, 0) is 43.5 Å². The number of amides is 2. The molecular formula is C25H30N4O6.